The predicted molar refractivity (Wildman–Crippen MR) is 126 cm³/mol. The van der Waals surface area contributed by atoms with Gasteiger partial charge in [0.2, 0.25) is 0 Å². The molecule has 0 aliphatic carbocycles. The predicted octanol–water partition coefficient (Wildman–Crippen LogP) is 3.95. The monoisotopic (exact) mass is 457 g/mol. The summed E-state index contributed by atoms with van der Waals surface area (Å²) < 4.78 is 16.5. The summed E-state index contributed by atoms with van der Waals surface area (Å²) in [7, 11) is 0. The molecular weight excluding hydrogens is 437 g/mol. The number of aliphatic carboxylic acids is 1. The first kappa shape index (κ1) is 21.3. The molecule has 0 unspecified atom stereocenters. The molecule has 0 saturated carbocycles. The number of aryl methyl sites for hydroxylation is 1. The van der Waals surface area contributed by atoms with Gasteiger partial charge in [0.1, 0.15) is 17.3 Å². The fourth-order valence-corrected chi connectivity index (χ4v) is 3.99. The van der Waals surface area contributed by atoms with Gasteiger partial charge in [-0.1, -0.05) is 18.2 Å². The Morgan fingerprint density at radius 3 is 2.59 bits per heavy atom. The molecule has 170 valence electrons. The lowest BCUT2D eigenvalue weighted by molar-refractivity contribution is -0.136. The van der Waals surface area contributed by atoms with Crippen molar-refractivity contribution in [2.45, 2.75) is 13.3 Å². The number of carboxylic acid groups (broad SMARTS) is 1. The highest BCUT2D eigenvalue weighted by atomic mass is 19.1. The molecule has 0 atom stereocenters. The van der Waals surface area contributed by atoms with Gasteiger partial charge in [0.05, 0.1) is 23.4 Å². The molecule has 0 amide bonds. The smallest absolute Gasteiger partial charge is 0.307 e. The molecule has 2 aromatic heterocycles. The van der Waals surface area contributed by atoms with E-state index in [1.807, 2.05) is 31.2 Å². The molecule has 8 nitrogen and oxygen atoms in total. The number of hydrogen-bond donors (Lipinski definition) is 2. The van der Waals surface area contributed by atoms with Crippen LogP contribution in [0.15, 0.2) is 71.0 Å². The van der Waals surface area contributed by atoms with Crippen molar-refractivity contribution in [3.63, 3.8) is 0 Å². The van der Waals surface area contributed by atoms with Crippen molar-refractivity contribution in [1.82, 2.24) is 19.6 Å². The number of fused-ring (bicyclic) bond motifs is 1. The maximum Gasteiger partial charge on any atom is 0.307 e. The molecule has 34 heavy (non-hydrogen) atoms. The molecule has 4 aromatic rings. The summed E-state index contributed by atoms with van der Waals surface area (Å²) >= 11 is 0. The fraction of sp³-hybridized carbons (Fsp3) is 0.120. The van der Waals surface area contributed by atoms with Crippen molar-refractivity contribution in [3.8, 4) is 28.2 Å². The third-order valence-electron chi connectivity index (χ3n) is 5.59. The Labute approximate surface area is 193 Å². The van der Waals surface area contributed by atoms with Crippen LogP contribution in [0.1, 0.15) is 12.0 Å². The first-order valence-electron chi connectivity index (χ1n) is 10.6. The van der Waals surface area contributed by atoms with E-state index in [2.05, 4.69) is 15.5 Å². The van der Waals surface area contributed by atoms with E-state index in [0.717, 1.165) is 5.56 Å². The van der Waals surface area contributed by atoms with Crippen molar-refractivity contribution < 1.29 is 14.3 Å². The van der Waals surface area contributed by atoms with Crippen molar-refractivity contribution in [1.29, 1.82) is 0 Å². The van der Waals surface area contributed by atoms with Crippen LogP contribution in [0.5, 0.6) is 0 Å². The molecule has 0 fully saturated rings. The molecule has 0 radical (unpaired) electrons. The largest absolute Gasteiger partial charge is 0.481 e. The summed E-state index contributed by atoms with van der Waals surface area (Å²) in [5, 5.41) is 21.7. The third kappa shape index (κ3) is 3.88. The zero-order valence-corrected chi connectivity index (χ0v) is 18.2. The Kier molecular flexibility index (Phi) is 5.29. The van der Waals surface area contributed by atoms with Crippen LogP contribution >= 0.6 is 0 Å². The van der Waals surface area contributed by atoms with Crippen LogP contribution in [-0.2, 0) is 4.79 Å². The van der Waals surface area contributed by atoms with Crippen molar-refractivity contribution in [2.24, 2.45) is 0 Å². The zero-order chi connectivity index (χ0) is 23.8. The highest BCUT2D eigenvalue weighted by Gasteiger charge is 2.25. The van der Waals surface area contributed by atoms with Gasteiger partial charge in [0.15, 0.2) is 0 Å². The lowest BCUT2D eigenvalue weighted by Crippen LogP contribution is -2.21. The minimum Gasteiger partial charge on any atom is -0.481 e. The maximum atomic E-state index is 13.6. The molecule has 1 aliphatic heterocycles. The van der Waals surface area contributed by atoms with Gasteiger partial charge in [-0.3, -0.25) is 9.59 Å². The summed E-state index contributed by atoms with van der Waals surface area (Å²) in [5.74, 6) is -0.701. The fourth-order valence-electron chi connectivity index (χ4n) is 3.99. The number of hydrogen-bond acceptors (Lipinski definition) is 5. The number of rotatable bonds is 5. The normalized spacial score (nSPS) is 12.6. The van der Waals surface area contributed by atoms with Crippen LogP contribution in [0.3, 0.4) is 0 Å². The number of carbonyl (C=O) groups is 1. The molecular formula is C25H20FN5O3. The van der Waals surface area contributed by atoms with Gasteiger partial charge in [-0.05, 0) is 54.5 Å². The second kappa shape index (κ2) is 8.43. The molecule has 0 spiro atoms. The van der Waals surface area contributed by atoms with Crippen LogP contribution < -0.4 is 10.9 Å². The highest BCUT2D eigenvalue weighted by molar-refractivity contribution is 5.89. The number of carboxylic acids is 1. The molecule has 3 heterocycles. The minimum absolute atomic E-state index is 0.121. The Balaban J connectivity index is 1.72. The average Bonchev–Trinajstić information content (AvgIpc) is 3.19. The molecule has 5 rings (SSSR count). The van der Waals surface area contributed by atoms with E-state index in [9.17, 15) is 14.0 Å². The lowest BCUT2D eigenvalue weighted by Gasteiger charge is -2.17. The number of anilines is 1. The summed E-state index contributed by atoms with van der Waals surface area (Å²) in [5.41, 5.74) is 4.23. The third-order valence-corrected chi connectivity index (χ3v) is 5.59. The van der Waals surface area contributed by atoms with Crippen LogP contribution in [-0.4, -0.2) is 37.2 Å². The van der Waals surface area contributed by atoms with Gasteiger partial charge < -0.3 is 10.4 Å². The second-order valence-corrected chi connectivity index (χ2v) is 7.99. The topological polar surface area (TPSA) is 102 Å². The lowest BCUT2D eigenvalue weighted by atomic mass is 10.0. The molecule has 0 saturated heterocycles. The second-order valence-electron chi connectivity index (χ2n) is 7.99. The summed E-state index contributed by atoms with van der Waals surface area (Å²) in [4.78, 5) is 23.9. The highest BCUT2D eigenvalue weighted by Crippen LogP contribution is 2.38. The zero-order valence-electron chi connectivity index (χ0n) is 18.2. The summed E-state index contributed by atoms with van der Waals surface area (Å²) in [6, 6.07) is 16.4. The van der Waals surface area contributed by atoms with Gasteiger partial charge in [-0.15, -0.1) is 0 Å². The first-order valence-corrected chi connectivity index (χ1v) is 10.6. The van der Waals surface area contributed by atoms with Crippen LogP contribution in [0.4, 0.5) is 10.2 Å². The molecule has 9 heteroatoms. The Bertz CT molecular complexity index is 1500. The average molecular weight is 457 g/mol. The van der Waals surface area contributed by atoms with Gasteiger partial charge in [-0.2, -0.15) is 14.9 Å². The van der Waals surface area contributed by atoms with Crippen LogP contribution in [0.25, 0.3) is 34.4 Å². The number of benzene rings is 2. The van der Waals surface area contributed by atoms with Crippen LogP contribution in [0.2, 0.25) is 0 Å². The van der Waals surface area contributed by atoms with Gasteiger partial charge in [0.25, 0.3) is 5.56 Å². The SMILES string of the molecule is Cc1ccccc1-n1nc(-c2c(-c3ccc(F)cc3)nn3c2NCC(CC(=O)O)=C3)ccc1=O. The van der Waals surface area contributed by atoms with E-state index in [0.29, 0.717) is 46.1 Å². The number of nitrogens with one attached hydrogen (secondary N) is 1. The van der Waals surface area contributed by atoms with E-state index in [1.54, 1.807) is 29.1 Å². The quantitative estimate of drug-likeness (QED) is 0.471. The van der Waals surface area contributed by atoms with E-state index in [1.165, 1.54) is 22.9 Å². The summed E-state index contributed by atoms with van der Waals surface area (Å²) in [6.07, 6.45) is 1.55. The van der Waals surface area contributed by atoms with Crippen LogP contribution in [0, 0.1) is 12.7 Å². The Morgan fingerprint density at radius 2 is 1.85 bits per heavy atom. The Hall–Kier alpha value is -4.53. The molecule has 2 aromatic carbocycles. The maximum absolute atomic E-state index is 13.6. The molecule has 1 aliphatic rings. The standard InChI is InChI=1S/C25H20FN5O3/c1-15-4-2-3-5-20(15)31-21(32)11-10-19(28-31)23-24(17-6-8-18(26)9-7-17)29-30-14-16(12-22(33)34)13-27-25(23)30/h2-11,14,27H,12-13H2,1H3,(H,33,34). The van der Waals surface area contributed by atoms with E-state index >= 15 is 0 Å². The number of aromatic nitrogens is 4. The molecule has 0 bridgehead atoms. The van der Waals surface area contributed by atoms with Gasteiger partial charge in [-0.25, -0.2) is 9.07 Å². The Morgan fingerprint density at radius 1 is 1.09 bits per heavy atom. The van der Waals surface area contributed by atoms with Crippen molar-refractivity contribution in [3.05, 3.63) is 88.0 Å². The van der Waals surface area contributed by atoms with Crippen molar-refractivity contribution in [2.75, 3.05) is 11.9 Å². The first-order chi connectivity index (χ1) is 16.4. The van der Waals surface area contributed by atoms with E-state index in [4.69, 9.17) is 5.11 Å². The minimum atomic E-state index is -0.936. The van der Waals surface area contributed by atoms with Crippen molar-refractivity contribution >= 4 is 18.0 Å². The molecule has 2 N–H and O–H groups in total. The van der Waals surface area contributed by atoms with E-state index in [-0.39, 0.29) is 17.8 Å². The van der Waals surface area contributed by atoms with Gasteiger partial charge >= 0.3 is 5.97 Å². The number of nitrogens with zero attached hydrogens (tertiary/aromatic N) is 4. The number of para-hydroxylation sites is 1. The number of halogens is 1. The van der Waals surface area contributed by atoms with Gasteiger partial charge in [0, 0.05) is 24.4 Å². The summed E-state index contributed by atoms with van der Waals surface area (Å²) in [6.45, 7) is 2.23. The van der Waals surface area contributed by atoms with E-state index < -0.39 is 5.97 Å².